The van der Waals surface area contributed by atoms with Crippen molar-refractivity contribution in [3.63, 3.8) is 0 Å². The summed E-state index contributed by atoms with van der Waals surface area (Å²) >= 11 is 0. The van der Waals surface area contributed by atoms with Crippen LogP contribution in [0, 0.1) is 17.8 Å². The number of carbonyl (C=O) groups excluding carboxylic acids is 1. The average molecular weight is 381 g/mol. The van der Waals surface area contributed by atoms with E-state index >= 15 is 0 Å². The van der Waals surface area contributed by atoms with Crippen LogP contribution in [0.25, 0.3) is 11.3 Å². The lowest BCUT2D eigenvalue weighted by Gasteiger charge is -2.54. The SMILES string of the molecule is CCOC(=O)c1ccc(-c2ccc(C[NH2+]C34CC5CC(CC(C5)C3)C4)o2)cc1. The molecule has 0 amide bonds. The quantitative estimate of drug-likeness (QED) is 0.766. The summed E-state index contributed by atoms with van der Waals surface area (Å²) in [6.45, 7) is 3.13. The van der Waals surface area contributed by atoms with Gasteiger partial charge >= 0.3 is 5.97 Å². The number of furan rings is 1. The Morgan fingerprint density at radius 3 is 2.29 bits per heavy atom. The fourth-order valence-electron chi connectivity index (χ4n) is 6.37. The first-order valence-electron chi connectivity index (χ1n) is 10.8. The molecular formula is C24H30NO3+. The lowest BCUT2D eigenvalue weighted by atomic mass is 9.53. The van der Waals surface area contributed by atoms with E-state index in [0.717, 1.165) is 41.4 Å². The van der Waals surface area contributed by atoms with E-state index in [0.29, 0.717) is 17.7 Å². The van der Waals surface area contributed by atoms with Gasteiger partial charge in [0.25, 0.3) is 0 Å². The maximum atomic E-state index is 11.8. The number of nitrogens with two attached hydrogens (primary N) is 1. The molecule has 4 saturated carbocycles. The Kier molecular flexibility index (Phi) is 4.54. The lowest BCUT2D eigenvalue weighted by molar-refractivity contribution is -0.754. The van der Waals surface area contributed by atoms with Gasteiger partial charge in [-0.25, -0.2) is 4.79 Å². The molecule has 1 aromatic heterocycles. The fraction of sp³-hybridized carbons (Fsp3) is 0.542. The van der Waals surface area contributed by atoms with Crippen LogP contribution in [0.3, 0.4) is 0 Å². The van der Waals surface area contributed by atoms with E-state index < -0.39 is 0 Å². The molecule has 0 spiro atoms. The lowest BCUT2D eigenvalue weighted by Crippen LogP contribution is -2.97. The highest BCUT2D eigenvalue weighted by Crippen LogP contribution is 2.54. The molecule has 0 radical (unpaired) electrons. The molecule has 0 atom stereocenters. The van der Waals surface area contributed by atoms with Gasteiger partial charge in [-0.3, -0.25) is 0 Å². The molecule has 6 rings (SSSR count). The van der Waals surface area contributed by atoms with Crippen molar-refractivity contribution in [1.82, 2.24) is 0 Å². The fourth-order valence-corrected chi connectivity index (χ4v) is 6.37. The van der Waals surface area contributed by atoms with Crippen molar-refractivity contribution in [2.24, 2.45) is 17.8 Å². The monoisotopic (exact) mass is 380 g/mol. The summed E-state index contributed by atoms with van der Waals surface area (Å²) in [5, 5.41) is 2.59. The van der Waals surface area contributed by atoms with Crippen LogP contribution in [0.1, 0.15) is 61.6 Å². The van der Waals surface area contributed by atoms with Crippen molar-refractivity contribution in [3.8, 4) is 11.3 Å². The van der Waals surface area contributed by atoms with Gasteiger partial charge in [0.15, 0.2) is 5.76 Å². The first-order valence-corrected chi connectivity index (χ1v) is 10.8. The number of benzene rings is 1. The number of ether oxygens (including phenoxy) is 1. The second kappa shape index (κ2) is 7.07. The Bertz CT molecular complexity index is 816. The smallest absolute Gasteiger partial charge is 0.338 e. The normalized spacial score (nSPS) is 30.5. The van der Waals surface area contributed by atoms with Crippen molar-refractivity contribution in [2.75, 3.05) is 6.61 Å². The van der Waals surface area contributed by atoms with Crippen LogP contribution < -0.4 is 5.32 Å². The van der Waals surface area contributed by atoms with Crippen LogP contribution in [-0.4, -0.2) is 18.1 Å². The molecule has 148 valence electrons. The topological polar surface area (TPSA) is 56.0 Å². The van der Waals surface area contributed by atoms with Gasteiger partial charge in [-0.15, -0.1) is 0 Å². The first kappa shape index (κ1) is 18.0. The number of carbonyl (C=O) groups is 1. The molecule has 2 N–H and O–H groups in total. The Hall–Kier alpha value is -2.07. The highest BCUT2D eigenvalue weighted by atomic mass is 16.5. The predicted octanol–water partition coefficient (Wildman–Crippen LogP) is 4.16. The molecule has 4 heteroatoms. The van der Waals surface area contributed by atoms with Gasteiger partial charge in [0.2, 0.25) is 0 Å². The van der Waals surface area contributed by atoms with E-state index in [1.165, 1.54) is 38.5 Å². The zero-order valence-corrected chi connectivity index (χ0v) is 16.7. The molecule has 0 unspecified atom stereocenters. The van der Waals surface area contributed by atoms with Crippen molar-refractivity contribution in [3.05, 3.63) is 47.7 Å². The van der Waals surface area contributed by atoms with E-state index in [1.807, 2.05) is 25.1 Å². The summed E-state index contributed by atoms with van der Waals surface area (Å²) in [7, 11) is 0. The Morgan fingerprint density at radius 2 is 1.68 bits per heavy atom. The Labute approximate surface area is 166 Å². The van der Waals surface area contributed by atoms with Gasteiger partial charge < -0.3 is 14.5 Å². The van der Waals surface area contributed by atoms with E-state index in [1.54, 1.807) is 12.1 Å². The third-order valence-corrected chi connectivity index (χ3v) is 7.16. The predicted molar refractivity (Wildman–Crippen MR) is 107 cm³/mol. The molecule has 4 fully saturated rings. The molecule has 2 aromatic rings. The van der Waals surface area contributed by atoms with Crippen molar-refractivity contribution >= 4 is 5.97 Å². The van der Waals surface area contributed by atoms with Crippen LogP contribution >= 0.6 is 0 Å². The van der Waals surface area contributed by atoms with Gasteiger partial charge in [0.05, 0.1) is 17.7 Å². The van der Waals surface area contributed by atoms with Crippen LogP contribution in [0.15, 0.2) is 40.8 Å². The summed E-state index contributed by atoms with van der Waals surface area (Å²) in [6, 6.07) is 11.6. The van der Waals surface area contributed by atoms with Crippen LogP contribution in [-0.2, 0) is 11.3 Å². The maximum Gasteiger partial charge on any atom is 0.338 e. The molecule has 4 nitrogen and oxygen atoms in total. The van der Waals surface area contributed by atoms with Gasteiger partial charge in [-0.05, 0) is 68.2 Å². The molecule has 0 saturated heterocycles. The van der Waals surface area contributed by atoms with Crippen LogP contribution in [0.5, 0.6) is 0 Å². The summed E-state index contributed by atoms with van der Waals surface area (Å²) in [5.41, 5.74) is 2.05. The second-order valence-corrected chi connectivity index (χ2v) is 9.25. The largest absolute Gasteiger partial charge is 0.462 e. The number of quaternary nitrogens is 1. The molecule has 28 heavy (non-hydrogen) atoms. The highest BCUT2D eigenvalue weighted by molar-refractivity contribution is 5.89. The number of rotatable bonds is 6. The minimum atomic E-state index is -0.278. The van der Waals surface area contributed by atoms with E-state index in [2.05, 4.69) is 11.4 Å². The van der Waals surface area contributed by atoms with Gasteiger partial charge in [-0.2, -0.15) is 0 Å². The highest BCUT2D eigenvalue weighted by Gasteiger charge is 2.53. The van der Waals surface area contributed by atoms with E-state index in [4.69, 9.17) is 9.15 Å². The first-order chi connectivity index (χ1) is 13.6. The molecular weight excluding hydrogens is 350 g/mol. The number of hydrogen-bond donors (Lipinski definition) is 1. The van der Waals surface area contributed by atoms with Gasteiger partial charge in [-0.1, -0.05) is 12.1 Å². The minimum absolute atomic E-state index is 0.278. The summed E-state index contributed by atoms with van der Waals surface area (Å²) < 4.78 is 11.2. The summed E-state index contributed by atoms with van der Waals surface area (Å²) in [4.78, 5) is 11.8. The van der Waals surface area contributed by atoms with Crippen LogP contribution in [0.4, 0.5) is 0 Å². The Balaban J connectivity index is 1.24. The summed E-state index contributed by atoms with van der Waals surface area (Å²) in [5.74, 6) is 4.57. The van der Waals surface area contributed by atoms with Crippen molar-refractivity contribution in [1.29, 1.82) is 0 Å². The third kappa shape index (κ3) is 3.39. The molecule has 0 aliphatic heterocycles. The molecule has 4 bridgehead atoms. The van der Waals surface area contributed by atoms with Crippen molar-refractivity contribution < 1.29 is 19.3 Å². The van der Waals surface area contributed by atoms with Crippen LogP contribution in [0.2, 0.25) is 0 Å². The van der Waals surface area contributed by atoms with E-state index in [9.17, 15) is 4.79 Å². The molecule has 1 heterocycles. The number of esters is 1. The molecule has 1 aromatic carbocycles. The standard InChI is InChI=1S/C24H29NO3/c1-2-27-23(26)20-5-3-19(4-6-20)22-8-7-21(28-22)15-25-24-12-16-9-17(13-24)11-18(10-16)14-24/h3-8,16-18,25H,2,9-15H2,1H3/p+1. The van der Waals surface area contributed by atoms with Gasteiger partial charge in [0, 0.05) is 24.8 Å². The zero-order chi connectivity index (χ0) is 19.1. The Morgan fingerprint density at radius 1 is 1.04 bits per heavy atom. The summed E-state index contributed by atoms with van der Waals surface area (Å²) in [6.07, 6.45) is 8.67. The minimum Gasteiger partial charge on any atom is -0.462 e. The molecule has 4 aliphatic carbocycles. The maximum absolute atomic E-state index is 11.8. The second-order valence-electron chi connectivity index (χ2n) is 9.25. The molecule has 4 aliphatic rings. The number of hydrogen-bond acceptors (Lipinski definition) is 3. The van der Waals surface area contributed by atoms with Crippen molar-refractivity contribution in [2.45, 2.75) is 57.5 Å². The van der Waals surface area contributed by atoms with Gasteiger partial charge in [0.1, 0.15) is 12.3 Å². The van der Waals surface area contributed by atoms with E-state index in [-0.39, 0.29) is 5.97 Å². The third-order valence-electron chi connectivity index (χ3n) is 7.16. The average Bonchev–Trinajstić information content (AvgIpc) is 3.15. The zero-order valence-electron chi connectivity index (χ0n) is 16.7.